The van der Waals surface area contributed by atoms with Gasteiger partial charge in [0.15, 0.2) is 0 Å². The molecule has 1 fully saturated rings. The Morgan fingerprint density at radius 1 is 1.62 bits per heavy atom. The lowest BCUT2D eigenvalue weighted by Gasteiger charge is -2.28. The highest BCUT2D eigenvalue weighted by Crippen LogP contribution is 2.28. The molecule has 0 amide bonds. The van der Waals surface area contributed by atoms with Gasteiger partial charge in [0.1, 0.15) is 0 Å². The average Bonchev–Trinajstić information content (AvgIpc) is 2.63. The SMILES string of the molecule is COC(=O)[C@H]1CC[C@H]2N=CN[C@@H]2C1. The minimum absolute atomic E-state index is 0.0699. The van der Waals surface area contributed by atoms with Gasteiger partial charge >= 0.3 is 5.97 Å². The number of fused-ring (bicyclic) bond motifs is 1. The maximum absolute atomic E-state index is 11.3. The Labute approximate surface area is 77.4 Å². The summed E-state index contributed by atoms with van der Waals surface area (Å²) in [6.45, 7) is 0. The highest BCUT2D eigenvalue weighted by Gasteiger charge is 2.35. The molecular formula is C9H14N2O2. The zero-order chi connectivity index (χ0) is 9.26. The first kappa shape index (κ1) is 8.53. The number of hydrogen-bond donors (Lipinski definition) is 1. The van der Waals surface area contributed by atoms with Crippen LogP contribution in [0.2, 0.25) is 0 Å². The summed E-state index contributed by atoms with van der Waals surface area (Å²) in [6.07, 6.45) is 4.52. The molecule has 0 unspecified atom stereocenters. The van der Waals surface area contributed by atoms with E-state index in [4.69, 9.17) is 4.74 Å². The first-order valence-corrected chi connectivity index (χ1v) is 4.67. The van der Waals surface area contributed by atoms with Crippen molar-refractivity contribution in [2.24, 2.45) is 10.9 Å². The molecule has 0 radical (unpaired) electrons. The molecule has 0 aromatic rings. The lowest BCUT2D eigenvalue weighted by Crippen LogP contribution is -2.40. The van der Waals surface area contributed by atoms with Crippen LogP contribution in [0.5, 0.6) is 0 Å². The Morgan fingerprint density at radius 2 is 2.46 bits per heavy atom. The van der Waals surface area contributed by atoms with Crippen molar-refractivity contribution in [3.63, 3.8) is 0 Å². The van der Waals surface area contributed by atoms with Crippen LogP contribution in [0.3, 0.4) is 0 Å². The van der Waals surface area contributed by atoms with Gasteiger partial charge in [0.25, 0.3) is 0 Å². The topological polar surface area (TPSA) is 50.7 Å². The second kappa shape index (κ2) is 3.36. The van der Waals surface area contributed by atoms with E-state index in [1.165, 1.54) is 7.11 Å². The Bertz CT molecular complexity index is 240. The molecule has 0 spiro atoms. The van der Waals surface area contributed by atoms with Crippen LogP contribution in [0.1, 0.15) is 19.3 Å². The Balaban J connectivity index is 1.95. The van der Waals surface area contributed by atoms with Crippen molar-refractivity contribution >= 4 is 12.3 Å². The number of esters is 1. The second-order valence-electron chi connectivity index (χ2n) is 3.65. The van der Waals surface area contributed by atoms with Crippen LogP contribution in [-0.4, -0.2) is 31.5 Å². The van der Waals surface area contributed by atoms with Crippen LogP contribution in [-0.2, 0) is 9.53 Å². The molecule has 2 rings (SSSR count). The fraction of sp³-hybridized carbons (Fsp3) is 0.778. The molecule has 1 N–H and O–H groups in total. The largest absolute Gasteiger partial charge is 0.469 e. The molecule has 4 heteroatoms. The minimum Gasteiger partial charge on any atom is -0.469 e. The van der Waals surface area contributed by atoms with Gasteiger partial charge in [-0.05, 0) is 19.3 Å². The van der Waals surface area contributed by atoms with Gasteiger partial charge < -0.3 is 10.1 Å². The summed E-state index contributed by atoms with van der Waals surface area (Å²) in [4.78, 5) is 15.6. The van der Waals surface area contributed by atoms with Gasteiger partial charge in [0, 0.05) is 0 Å². The lowest BCUT2D eigenvalue weighted by atomic mass is 9.83. The van der Waals surface area contributed by atoms with Crippen LogP contribution in [0.4, 0.5) is 0 Å². The van der Waals surface area contributed by atoms with E-state index in [2.05, 4.69) is 10.3 Å². The normalized spacial score (nSPS) is 36.5. The average molecular weight is 182 g/mol. The van der Waals surface area contributed by atoms with E-state index in [1.54, 1.807) is 6.34 Å². The molecule has 2 aliphatic rings. The Hall–Kier alpha value is -1.06. The third kappa shape index (κ3) is 1.53. The number of ether oxygens (including phenoxy) is 1. The molecule has 1 saturated carbocycles. The van der Waals surface area contributed by atoms with E-state index in [0.717, 1.165) is 19.3 Å². The van der Waals surface area contributed by atoms with Crippen molar-refractivity contribution in [1.29, 1.82) is 0 Å². The first-order chi connectivity index (χ1) is 6.31. The molecule has 72 valence electrons. The number of methoxy groups -OCH3 is 1. The molecule has 1 aliphatic carbocycles. The quantitative estimate of drug-likeness (QED) is 0.594. The van der Waals surface area contributed by atoms with Crippen molar-refractivity contribution in [2.75, 3.05) is 7.11 Å². The molecule has 0 aromatic heterocycles. The van der Waals surface area contributed by atoms with Gasteiger partial charge in [-0.15, -0.1) is 0 Å². The number of nitrogens with zero attached hydrogens (tertiary/aromatic N) is 1. The summed E-state index contributed by atoms with van der Waals surface area (Å²) in [5.74, 6) is -0.00685. The van der Waals surface area contributed by atoms with Gasteiger partial charge in [-0.25, -0.2) is 0 Å². The Kier molecular flexibility index (Phi) is 2.20. The van der Waals surface area contributed by atoms with E-state index in [0.29, 0.717) is 12.1 Å². The number of carbonyl (C=O) groups is 1. The number of hydrogen-bond acceptors (Lipinski definition) is 4. The molecular weight excluding hydrogens is 168 g/mol. The van der Waals surface area contributed by atoms with E-state index in [-0.39, 0.29) is 11.9 Å². The van der Waals surface area contributed by atoms with Gasteiger partial charge in [0.05, 0.1) is 31.4 Å². The molecule has 3 atom stereocenters. The molecule has 1 aliphatic heterocycles. The van der Waals surface area contributed by atoms with Crippen LogP contribution >= 0.6 is 0 Å². The summed E-state index contributed by atoms with van der Waals surface area (Å²) < 4.78 is 4.73. The van der Waals surface area contributed by atoms with Crippen molar-refractivity contribution in [1.82, 2.24) is 5.32 Å². The summed E-state index contributed by atoms with van der Waals surface area (Å²) in [5.41, 5.74) is 0. The van der Waals surface area contributed by atoms with E-state index in [1.807, 2.05) is 0 Å². The van der Waals surface area contributed by atoms with Gasteiger partial charge in [-0.1, -0.05) is 0 Å². The maximum atomic E-state index is 11.3. The minimum atomic E-state index is -0.0767. The lowest BCUT2D eigenvalue weighted by molar-refractivity contribution is -0.146. The first-order valence-electron chi connectivity index (χ1n) is 4.67. The number of rotatable bonds is 1. The summed E-state index contributed by atoms with van der Waals surface area (Å²) >= 11 is 0. The second-order valence-corrected chi connectivity index (χ2v) is 3.65. The number of nitrogens with one attached hydrogen (secondary N) is 1. The Morgan fingerprint density at radius 3 is 3.23 bits per heavy atom. The van der Waals surface area contributed by atoms with Crippen molar-refractivity contribution in [3.05, 3.63) is 0 Å². The predicted molar refractivity (Wildman–Crippen MR) is 48.6 cm³/mol. The number of aliphatic imine (C=N–C) groups is 1. The van der Waals surface area contributed by atoms with Crippen molar-refractivity contribution in [2.45, 2.75) is 31.3 Å². The van der Waals surface area contributed by atoms with E-state index in [9.17, 15) is 4.79 Å². The molecule has 0 bridgehead atoms. The zero-order valence-electron chi connectivity index (χ0n) is 7.69. The monoisotopic (exact) mass is 182 g/mol. The highest BCUT2D eigenvalue weighted by molar-refractivity contribution is 5.72. The third-order valence-corrected chi connectivity index (χ3v) is 2.90. The van der Waals surface area contributed by atoms with Crippen molar-refractivity contribution < 1.29 is 9.53 Å². The molecule has 0 saturated heterocycles. The van der Waals surface area contributed by atoms with Crippen LogP contribution in [0.25, 0.3) is 0 Å². The smallest absolute Gasteiger partial charge is 0.308 e. The molecule has 1 heterocycles. The number of carbonyl (C=O) groups excluding carboxylic acids is 1. The van der Waals surface area contributed by atoms with Gasteiger partial charge in [-0.3, -0.25) is 9.79 Å². The van der Waals surface area contributed by atoms with Crippen LogP contribution in [0.15, 0.2) is 4.99 Å². The van der Waals surface area contributed by atoms with E-state index < -0.39 is 0 Å². The molecule has 0 aromatic carbocycles. The van der Waals surface area contributed by atoms with Crippen LogP contribution < -0.4 is 5.32 Å². The fourth-order valence-corrected chi connectivity index (χ4v) is 2.13. The van der Waals surface area contributed by atoms with Crippen molar-refractivity contribution in [3.8, 4) is 0 Å². The highest BCUT2D eigenvalue weighted by atomic mass is 16.5. The standard InChI is InChI=1S/C9H14N2O2/c1-13-9(12)6-2-3-7-8(4-6)11-5-10-7/h5-8H,2-4H2,1H3,(H,10,11)/t6-,7+,8+/m0/s1. The summed E-state index contributed by atoms with van der Waals surface area (Å²) in [7, 11) is 1.45. The zero-order valence-corrected chi connectivity index (χ0v) is 7.69. The van der Waals surface area contributed by atoms with Gasteiger partial charge in [0.2, 0.25) is 0 Å². The molecule has 4 nitrogen and oxygen atoms in total. The maximum Gasteiger partial charge on any atom is 0.308 e. The van der Waals surface area contributed by atoms with Gasteiger partial charge in [-0.2, -0.15) is 0 Å². The van der Waals surface area contributed by atoms with Crippen LogP contribution in [0, 0.1) is 5.92 Å². The third-order valence-electron chi connectivity index (χ3n) is 2.90. The summed E-state index contributed by atoms with van der Waals surface area (Å²) in [5, 5.41) is 3.17. The van der Waals surface area contributed by atoms with E-state index >= 15 is 0 Å². The molecule has 13 heavy (non-hydrogen) atoms. The summed E-state index contributed by atoms with van der Waals surface area (Å²) in [6, 6.07) is 0.749. The fourth-order valence-electron chi connectivity index (χ4n) is 2.13. The predicted octanol–water partition coefficient (Wildman–Crippen LogP) is 0.328.